The van der Waals surface area contributed by atoms with Crippen LogP contribution in [0, 0.1) is 0 Å². The maximum absolute atomic E-state index is 11.6. The molecule has 0 radical (unpaired) electrons. The van der Waals surface area contributed by atoms with Crippen molar-refractivity contribution in [3.63, 3.8) is 0 Å². The van der Waals surface area contributed by atoms with Crippen molar-refractivity contribution >= 4 is 5.97 Å². The van der Waals surface area contributed by atoms with Gasteiger partial charge in [-0.05, 0) is 41.5 Å². The second-order valence-corrected chi connectivity index (χ2v) is 4.32. The molecular formula is C12H24N2O2. The molecule has 0 aromatic carbocycles. The molecule has 4 nitrogen and oxygen atoms in total. The molecule has 0 unspecified atom stereocenters. The van der Waals surface area contributed by atoms with Gasteiger partial charge in [0.25, 0.3) is 0 Å². The zero-order valence-corrected chi connectivity index (χ0v) is 11.2. The number of ether oxygens (including phenoxy) is 1. The van der Waals surface area contributed by atoms with E-state index in [1.54, 1.807) is 13.8 Å². The molecule has 0 spiro atoms. The number of carbonyl (C=O) groups is 1. The fourth-order valence-electron chi connectivity index (χ4n) is 1.18. The molecule has 0 atom stereocenters. The highest BCUT2D eigenvalue weighted by Gasteiger charge is 2.13. The molecule has 0 aliphatic rings. The molecule has 2 N–H and O–H groups in total. The van der Waals surface area contributed by atoms with Crippen LogP contribution in [0.5, 0.6) is 0 Å². The third kappa shape index (κ3) is 5.63. The van der Waals surface area contributed by atoms with Crippen LogP contribution in [-0.4, -0.2) is 24.7 Å². The van der Waals surface area contributed by atoms with Gasteiger partial charge in [-0.2, -0.15) is 0 Å². The van der Waals surface area contributed by atoms with Gasteiger partial charge in [-0.25, -0.2) is 4.79 Å². The van der Waals surface area contributed by atoms with Gasteiger partial charge in [-0.15, -0.1) is 0 Å². The first-order valence-corrected chi connectivity index (χ1v) is 5.79. The first-order chi connectivity index (χ1) is 7.38. The Hall–Kier alpha value is -1.19. The highest BCUT2D eigenvalue weighted by Crippen LogP contribution is 2.03. The molecule has 0 aromatic heterocycles. The van der Waals surface area contributed by atoms with Gasteiger partial charge in [-0.1, -0.05) is 0 Å². The predicted octanol–water partition coefficient (Wildman–Crippen LogP) is 1.78. The molecule has 4 heteroatoms. The van der Waals surface area contributed by atoms with Crippen LogP contribution in [0.1, 0.15) is 41.5 Å². The van der Waals surface area contributed by atoms with Gasteiger partial charge in [0, 0.05) is 12.1 Å². The van der Waals surface area contributed by atoms with E-state index in [4.69, 9.17) is 4.74 Å². The zero-order valence-electron chi connectivity index (χ0n) is 11.2. The minimum atomic E-state index is -0.279. The molecule has 0 saturated heterocycles. The topological polar surface area (TPSA) is 50.4 Å². The molecule has 0 amide bonds. The summed E-state index contributed by atoms with van der Waals surface area (Å²) in [5.41, 5.74) is 0.587. The lowest BCUT2D eigenvalue weighted by Gasteiger charge is -2.20. The van der Waals surface area contributed by atoms with E-state index in [-0.39, 0.29) is 18.1 Å². The Bertz CT molecular complexity index is 246. The summed E-state index contributed by atoms with van der Waals surface area (Å²) in [6.45, 7) is 12.1. The van der Waals surface area contributed by atoms with Crippen LogP contribution in [0.25, 0.3) is 0 Å². The summed E-state index contributed by atoms with van der Waals surface area (Å²) in [7, 11) is 0. The predicted molar refractivity (Wildman–Crippen MR) is 65.9 cm³/mol. The summed E-state index contributed by atoms with van der Waals surface area (Å²) < 4.78 is 4.97. The third-order valence-corrected chi connectivity index (χ3v) is 1.82. The summed E-state index contributed by atoms with van der Waals surface area (Å²) in [5.74, 6) is 0.474. The third-order valence-electron chi connectivity index (χ3n) is 1.82. The van der Waals surface area contributed by atoms with Crippen molar-refractivity contribution in [2.45, 2.75) is 53.6 Å². The average molecular weight is 228 g/mol. The first-order valence-electron chi connectivity index (χ1n) is 5.79. The van der Waals surface area contributed by atoms with Crippen molar-refractivity contribution in [2.75, 3.05) is 6.61 Å². The van der Waals surface area contributed by atoms with E-state index in [1.165, 1.54) is 0 Å². The Morgan fingerprint density at radius 2 is 1.56 bits per heavy atom. The van der Waals surface area contributed by atoms with E-state index < -0.39 is 0 Å². The van der Waals surface area contributed by atoms with Crippen molar-refractivity contribution in [3.05, 3.63) is 11.4 Å². The number of nitrogens with one attached hydrogen (secondary N) is 2. The van der Waals surface area contributed by atoms with Gasteiger partial charge in [-0.3, -0.25) is 0 Å². The van der Waals surface area contributed by atoms with E-state index >= 15 is 0 Å². The minimum absolute atomic E-state index is 0.269. The number of hydrogen-bond donors (Lipinski definition) is 2. The molecule has 0 fully saturated rings. The Morgan fingerprint density at radius 1 is 1.12 bits per heavy atom. The lowest BCUT2D eigenvalue weighted by molar-refractivity contribution is -0.138. The second-order valence-electron chi connectivity index (χ2n) is 4.32. The van der Waals surface area contributed by atoms with Crippen LogP contribution in [-0.2, 0) is 9.53 Å². The van der Waals surface area contributed by atoms with Gasteiger partial charge in [0.15, 0.2) is 0 Å². The van der Waals surface area contributed by atoms with Gasteiger partial charge in [0.2, 0.25) is 0 Å². The van der Waals surface area contributed by atoms with E-state index in [1.807, 2.05) is 27.7 Å². The highest BCUT2D eigenvalue weighted by molar-refractivity contribution is 5.88. The Kier molecular flexibility index (Phi) is 6.61. The molecule has 0 heterocycles. The molecule has 0 rings (SSSR count). The van der Waals surface area contributed by atoms with Gasteiger partial charge >= 0.3 is 5.97 Å². The maximum atomic E-state index is 11.6. The van der Waals surface area contributed by atoms with Crippen LogP contribution < -0.4 is 10.6 Å². The van der Waals surface area contributed by atoms with E-state index in [0.29, 0.717) is 12.2 Å². The summed E-state index contributed by atoms with van der Waals surface area (Å²) in [6.07, 6.45) is 0. The number of hydrogen-bond acceptors (Lipinski definition) is 4. The molecule has 0 bridgehead atoms. The van der Waals surface area contributed by atoms with Crippen molar-refractivity contribution in [1.82, 2.24) is 10.6 Å². The van der Waals surface area contributed by atoms with Gasteiger partial charge in [0.05, 0.1) is 12.2 Å². The van der Waals surface area contributed by atoms with Gasteiger partial charge in [0.1, 0.15) is 5.82 Å². The Balaban J connectivity index is 4.80. The SMILES string of the molecule is CCOC(=O)C(C)=C(NC(C)C)NC(C)C. The fraction of sp³-hybridized carbons (Fsp3) is 0.750. The van der Waals surface area contributed by atoms with Crippen LogP contribution in [0.4, 0.5) is 0 Å². The molecule has 16 heavy (non-hydrogen) atoms. The summed E-state index contributed by atoms with van der Waals surface area (Å²) in [4.78, 5) is 11.6. The van der Waals surface area contributed by atoms with Crippen LogP contribution in [0.15, 0.2) is 11.4 Å². The minimum Gasteiger partial charge on any atom is -0.463 e. The van der Waals surface area contributed by atoms with Crippen molar-refractivity contribution < 1.29 is 9.53 Å². The van der Waals surface area contributed by atoms with Crippen molar-refractivity contribution in [2.24, 2.45) is 0 Å². The average Bonchev–Trinajstić information content (AvgIpc) is 2.14. The number of carbonyl (C=O) groups excluding carboxylic acids is 1. The van der Waals surface area contributed by atoms with E-state index in [2.05, 4.69) is 10.6 Å². The fourth-order valence-corrected chi connectivity index (χ4v) is 1.18. The molecule has 0 aromatic rings. The van der Waals surface area contributed by atoms with Crippen LogP contribution in [0.2, 0.25) is 0 Å². The van der Waals surface area contributed by atoms with Crippen LogP contribution in [0.3, 0.4) is 0 Å². The Labute approximate surface area is 98.4 Å². The standard InChI is InChI=1S/C12H24N2O2/c1-7-16-12(15)10(6)11(13-8(2)3)14-9(4)5/h8-9,13-14H,7H2,1-6H3. The summed E-state index contributed by atoms with van der Waals surface area (Å²) >= 11 is 0. The highest BCUT2D eigenvalue weighted by atomic mass is 16.5. The van der Waals surface area contributed by atoms with E-state index in [9.17, 15) is 4.79 Å². The molecular weight excluding hydrogens is 204 g/mol. The smallest absolute Gasteiger partial charge is 0.337 e. The monoisotopic (exact) mass is 228 g/mol. The van der Waals surface area contributed by atoms with Crippen LogP contribution >= 0.6 is 0 Å². The van der Waals surface area contributed by atoms with Gasteiger partial charge < -0.3 is 15.4 Å². The quantitative estimate of drug-likeness (QED) is 0.537. The number of esters is 1. The second kappa shape index (κ2) is 7.14. The van der Waals surface area contributed by atoms with E-state index in [0.717, 1.165) is 5.82 Å². The summed E-state index contributed by atoms with van der Waals surface area (Å²) in [5, 5.41) is 6.44. The Morgan fingerprint density at radius 3 is 1.88 bits per heavy atom. The summed E-state index contributed by atoms with van der Waals surface area (Å²) in [6, 6.07) is 0.538. The first kappa shape index (κ1) is 14.8. The lowest BCUT2D eigenvalue weighted by Crippen LogP contribution is -2.37. The van der Waals surface area contributed by atoms with Crippen molar-refractivity contribution in [3.8, 4) is 0 Å². The zero-order chi connectivity index (χ0) is 12.7. The lowest BCUT2D eigenvalue weighted by atomic mass is 10.2. The molecule has 94 valence electrons. The van der Waals surface area contributed by atoms with Crippen molar-refractivity contribution in [1.29, 1.82) is 0 Å². The molecule has 0 aliphatic carbocycles. The maximum Gasteiger partial charge on any atom is 0.337 e. The number of rotatable bonds is 6. The normalized spacial score (nSPS) is 10.2. The molecule has 0 aliphatic heterocycles. The molecule has 0 saturated carbocycles. The largest absolute Gasteiger partial charge is 0.463 e.